The van der Waals surface area contributed by atoms with Gasteiger partial charge in [0.15, 0.2) is 8.07 Å². The van der Waals surface area contributed by atoms with Crippen LogP contribution in [0.4, 0.5) is 17.1 Å². The van der Waals surface area contributed by atoms with Crippen molar-refractivity contribution in [2.75, 3.05) is 4.90 Å². The van der Waals surface area contributed by atoms with Crippen molar-refractivity contribution in [3.05, 3.63) is 253 Å². The molecule has 2 aliphatic rings. The van der Waals surface area contributed by atoms with Gasteiger partial charge in [-0.1, -0.05) is 262 Å². The number of hydrogen-bond donors (Lipinski definition) is 0. The smallest absolute Gasteiger partial charge is 0.249 e. The van der Waals surface area contributed by atoms with E-state index in [1.54, 1.807) is 0 Å². The van der Waals surface area contributed by atoms with E-state index in [2.05, 4.69) is 268 Å². The van der Waals surface area contributed by atoms with Crippen LogP contribution in [0.25, 0.3) is 33.4 Å². The Morgan fingerprint density at radius 3 is 1.65 bits per heavy atom. The molecule has 2 aliphatic heterocycles. The van der Waals surface area contributed by atoms with Crippen LogP contribution in [0.3, 0.4) is 0 Å². The van der Waals surface area contributed by atoms with E-state index in [9.17, 15) is 0 Å². The Morgan fingerprint density at radius 2 is 0.957 bits per heavy atom. The van der Waals surface area contributed by atoms with E-state index in [0.29, 0.717) is 0 Å². The largest absolute Gasteiger partial charge is 0.311 e. The van der Waals surface area contributed by atoms with Gasteiger partial charge in [-0.15, -0.1) is 0 Å². The van der Waals surface area contributed by atoms with Crippen molar-refractivity contribution in [2.45, 2.75) is 36.0 Å². The highest BCUT2D eigenvalue weighted by Gasteiger charge is 2.46. The Bertz CT molecular complexity index is 3500. The second kappa shape index (κ2) is 17.5. The SMILES string of the molecule is CC(C)(C)c1cccc(-c2ccc3c(c2)Sc2cc(Cl)cc4c2B3c2ccc([Si](c3ccccc3)(c3ccccc3)c3cccc(-c5ccccc5)c3)cc2N4c2ccccc2-c2ccccc2)c1. The second-order valence-corrected chi connectivity index (χ2v) is 24.7. The predicted octanol–water partition coefficient (Wildman–Crippen LogP) is 12.8. The van der Waals surface area contributed by atoms with Crippen LogP contribution >= 0.6 is 23.4 Å². The first-order valence-electron chi connectivity index (χ1n) is 23.9. The molecule has 10 aromatic carbocycles. The van der Waals surface area contributed by atoms with Gasteiger partial charge in [0.1, 0.15) is 0 Å². The average molecular weight is 939 g/mol. The van der Waals surface area contributed by atoms with E-state index in [-0.39, 0.29) is 12.1 Å². The lowest BCUT2D eigenvalue weighted by Gasteiger charge is -2.42. The Kier molecular flexibility index (Phi) is 10.9. The molecular formula is C64H49BClNSSi. The fourth-order valence-electron chi connectivity index (χ4n) is 11.0. The fourth-order valence-corrected chi connectivity index (χ4v) is 17.3. The summed E-state index contributed by atoms with van der Waals surface area (Å²) < 4.78 is 0. The van der Waals surface area contributed by atoms with Crippen LogP contribution < -0.4 is 42.0 Å². The molecule has 0 atom stereocenters. The van der Waals surface area contributed by atoms with Gasteiger partial charge in [0.05, 0.1) is 5.69 Å². The zero-order chi connectivity index (χ0) is 46.7. The number of benzene rings is 10. The molecule has 0 N–H and O–H groups in total. The van der Waals surface area contributed by atoms with Gasteiger partial charge >= 0.3 is 0 Å². The maximum atomic E-state index is 7.36. The van der Waals surface area contributed by atoms with E-state index in [4.69, 9.17) is 11.6 Å². The van der Waals surface area contributed by atoms with Gasteiger partial charge in [0.2, 0.25) is 6.71 Å². The molecule has 10 aromatic rings. The highest BCUT2D eigenvalue weighted by Crippen LogP contribution is 2.46. The zero-order valence-electron chi connectivity index (χ0n) is 38.9. The van der Waals surface area contributed by atoms with Crippen LogP contribution in [-0.4, -0.2) is 14.8 Å². The summed E-state index contributed by atoms with van der Waals surface area (Å²) in [6.07, 6.45) is 0. The number of rotatable bonds is 8. The maximum absolute atomic E-state index is 7.36. The normalized spacial score (nSPS) is 12.8. The lowest BCUT2D eigenvalue weighted by atomic mass is 9.35. The Hall–Kier alpha value is -7.08. The van der Waals surface area contributed by atoms with Crippen molar-refractivity contribution in [1.82, 2.24) is 0 Å². The third kappa shape index (κ3) is 7.50. The van der Waals surface area contributed by atoms with Gasteiger partial charge in [-0.25, -0.2) is 0 Å². The molecule has 0 unspecified atom stereocenters. The first kappa shape index (κ1) is 43.2. The third-order valence-corrected chi connectivity index (χ3v) is 20.4. The highest BCUT2D eigenvalue weighted by molar-refractivity contribution is 8.00. The third-order valence-electron chi connectivity index (χ3n) is 14.3. The number of hydrogen-bond acceptors (Lipinski definition) is 2. The summed E-state index contributed by atoms with van der Waals surface area (Å²) in [4.78, 5) is 5.00. The molecule has 1 nitrogen and oxygen atoms in total. The molecular weight excluding hydrogens is 889 g/mol. The molecule has 12 rings (SSSR count). The molecule has 0 bridgehead atoms. The zero-order valence-corrected chi connectivity index (χ0v) is 41.5. The minimum atomic E-state index is -3.05. The maximum Gasteiger partial charge on any atom is 0.249 e. The average Bonchev–Trinajstić information content (AvgIpc) is 3.39. The molecule has 0 fully saturated rings. The number of fused-ring (bicyclic) bond motifs is 4. The summed E-state index contributed by atoms with van der Waals surface area (Å²) in [6.45, 7) is 6.84. The Labute approximate surface area is 417 Å². The van der Waals surface area contributed by atoms with Crippen molar-refractivity contribution in [3.63, 3.8) is 0 Å². The van der Waals surface area contributed by atoms with Crippen LogP contribution in [0.5, 0.6) is 0 Å². The number of para-hydroxylation sites is 1. The van der Waals surface area contributed by atoms with Crippen LogP contribution in [-0.2, 0) is 5.41 Å². The van der Waals surface area contributed by atoms with Gasteiger partial charge in [0.25, 0.3) is 0 Å². The van der Waals surface area contributed by atoms with Gasteiger partial charge in [-0.05, 0) is 101 Å². The molecule has 0 saturated carbocycles. The first-order chi connectivity index (χ1) is 33.8. The summed E-state index contributed by atoms with van der Waals surface area (Å²) in [7, 11) is -3.05. The molecule has 0 aliphatic carbocycles. The minimum absolute atomic E-state index is 0.0198. The quantitative estimate of drug-likeness (QED) is 0.110. The molecule has 0 amide bonds. The summed E-state index contributed by atoms with van der Waals surface area (Å²) >= 11 is 9.21. The second-order valence-electron chi connectivity index (χ2n) is 19.4. The Balaban J connectivity index is 1.15. The van der Waals surface area contributed by atoms with Gasteiger partial charge < -0.3 is 4.90 Å². The van der Waals surface area contributed by atoms with E-state index in [1.807, 2.05) is 11.8 Å². The van der Waals surface area contributed by atoms with E-state index < -0.39 is 8.07 Å². The summed E-state index contributed by atoms with van der Waals surface area (Å²) in [5.74, 6) is 0. The van der Waals surface area contributed by atoms with Crippen molar-refractivity contribution < 1.29 is 0 Å². The molecule has 0 aromatic heterocycles. The van der Waals surface area contributed by atoms with Crippen molar-refractivity contribution in [1.29, 1.82) is 0 Å². The number of halogens is 1. The lowest BCUT2D eigenvalue weighted by molar-refractivity contribution is 0.590. The van der Waals surface area contributed by atoms with E-state index in [1.165, 1.54) is 86.0 Å². The number of anilines is 3. The van der Waals surface area contributed by atoms with Gasteiger partial charge in [-0.3, -0.25) is 0 Å². The summed E-state index contributed by atoms with van der Waals surface area (Å²) in [5.41, 5.74) is 15.9. The van der Waals surface area contributed by atoms with Crippen molar-refractivity contribution in [3.8, 4) is 33.4 Å². The van der Waals surface area contributed by atoms with Crippen LogP contribution in [0.2, 0.25) is 5.02 Å². The Morgan fingerprint density at radius 1 is 0.406 bits per heavy atom. The molecule has 2 heterocycles. The van der Waals surface area contributed by atoms with Gasteiger partial charge in [0, 0.05) is 31.8 Å². The fraction of sp³-hybridized carbons (Fsp3) is 0.0625. The van der Waals surface area contributed by atoms with Crippen molar-refractivity contribution in [2.24, 2.45) is 0 Å². The topological polar surface area (TPSA) is 3.24 Å². The minimum Gasteiger partial charge on any atom is -0.311 e. The molecule has 0 saturated heterocycles. The monoisotopic (exact) mass is 937 g/mol. The first-order valence-corrected chi connectivity index (χ1v) is 27.1. The lowest BCUT2D eigenvalue weighted by Crippen LogP contribution is -2.75. The van der Waals surface area contributed by atoms with E-state index >= 15 is 0 Å². The van der Waals surface area contributed by atoms with Crippen LogP contribution in [0.1, 0.15) is 26.3 Å². The summed E-state index contributed by atoms with van der Waals surface area (Å²) in [6, 6.07) is 90.6. The standard InChI is InChI=1S/C64H49BClNSSi/c1-64(2,3)49-26-18-24-46(38-49)48-34-36-57-61(40-48)68-62-42-50(66)41-60-63(62)65(57)56-37-35-54(43-59(56)67(60)58-33-17-16-32-55(58)45-22-10-5-11-23-45)69(51-27-12-6-13-28-51,52-29-14-7-15-30-52)53-31-19-25-47(39-53)44-20-8-4-9-21-44/h4-43H,1-3H3. The molecule has 69 heavy (non-hydrogen) atoms. The number of nitrogens with zero attached hydrogens (tertiary/aromatic N) is 1. The predicted molar refractivity (Wildman–Crippen MR) is 300 cm³/mol. The van der Waals surface area contributed by atoms with Crippen LogP contribution in [0.15, 0.2) is 252 Å². The van der Waals surface area contributed by atoms with Crippen LogP contribution in [0, 0.1) is 0 Å². The summed E-state index contributed by atoms with van der Waals surface area (Å²) in [5, 5.41) is 6.05. The highest BCUT2D eigenvalue weighted by atomic mass is 35.5. The molecule has 330 valence electrons. The molecule has 5 heteroatoms. The van der Waals surface area contributed by atoms with Gasteiger partial charge in [-0.2, -0.15) is 0 Å². The molecule has 0 spiro atoms. The molecule has 0 radical (unpaired) electrons. The van der Waals surface area contributed by atoms with E-state index in [0.717, 1.165) is 22.0 Å². The van der Waals surface area contributed by atoms with Crippen molar-refractivity contribution >= 4 is 92.3 Å².